The Bertz CT molecular complexity index is 708. The molecule has 1 aromatic rings. The fourth-order valence-corrected chi connectivity index (χ4v) is 3.46. The third-order valence-electron chi connectivity index (χ3n) is 5.34. The molecule has 0 aromatic heterocycles. The summed E-state index contributed by atoms with van der Waals surface area (Å²) >= 11 is 0. The maximum absolute atomic E-state index is 12.7. The van der Waals surface area contributed by atoms with Crippen molar-refractivity contribution in [3.63, 3.8) is 0 Å². The summed E-state index contributed by atoms with van der Waals surface area (Å²) in [5, 5.41) is 2.71. The first-order valence-corrected chi connectivity index (χ1v) is 9.57. The molecule has 2 heterocycles. The quantitative estimate of drug-likeness (QED) is 0.800. The average molecular weight is 372 g/mol. The van der Waals surface area contributed by atoms with Crippen molar-refractivity contribution in [3.05, 3.63) is 29.8 Å². The van der Waals surface area contributed by atoms with Gasteiger partial charge in [-0.05, 0) is 37.1 Å². The number of carbonyl (C=O) groups excluding carboxylic acids is 3. The first-order chi connectivity index (χ1) is 12.9. The standard InChI is InChI=1S/C20H28N4O3/c1-14(2)15-4-6-16(7-5-15)24-19(26)17(21-20(24)27)8-9-18(25)23-12-10-22(3)11-13-23/h4-7,14,17H,8-13H2,1-3H3,(H,21,27)/t17-/m0/s1. The number of urea groups is 1. The molecular weight excluding hydrogens is 344 g/mol. The SMILES string of the molecule is CC(C)c1ccc(N2C(=O)N[C@@H](CCC(=O)N3CCN(C)CC3)C2=O)cc1. The second-order valence-electron chi connectivity index (χ2n) is 7.64. The van der Waals surface area contributed by atoms with Gasteiger partial charge in [-0.15, -0.1) is 0 Å². The van der Waals surface area contributed by atoms with Gasteiger partial charge >= 0.3 is 6.03 Å². The van der Waals surface area contributed by atoms with Crippen molar-refractivity contribution in [2.45, 2.75) is 38.6 Å². The molecular formula is C20H28N4O3. The van der Waals surface area contributed by atoms with E-state index in [9.17, 15) is 14.4 Å². The number of nitrogens with one attached hydrogen (secondary N) is 1. The summed E-state index contributed by atoms with van der Waals surface area (Å²) in [6.07, 6.45) is 0.594. The molecule has 1 aromatic carbocycles. The number of nitrogens with zero attached hydrogens (tertiary/aromatic N) is 3. The lowest BCUT2D eigenvalue weighted by molar-refractivity contribution is -0.133. The summed E-state index contributed by atoms with van der Waals surface area (Å²) in [5.74, 6) is 0.142. The Kier molecular flexibility index (Phi) is 5.79. The zero-order chi connectivity index (χ0) is 19.6. The number of hydrogen-bond donors (Lipinski definition) is 1. The van der Waals surface area contributed by atoms with Crippen LogP contribution >= 0.6 is 0 Å². The van der Waals surface area contributed by atoms with Gasteiger partial charge < -0.3 is 15.1 Å². The fraction of sp³-hybridized carbons (Fsp3) is 0.550. The van der Waals surface area contributed by atoms with Crippen LogP contribution in [0.25, 0.3) is 0 Å². The van der Waals surface area contributed by atoms with E-state index in [0.29, 0.717) is 31.1 Å². The van der Waals surface area contributed by atoms with Gasteiger partial charge in [0.1, 0.15) is 6.04 Å². The lowest BCUT2D eigenvalue weighted by Gasteiger charge is -2.32. The maximum Gasteiger partial charge on any atom is 0.329 e. The predicted molar refractivity (Wildman–Crippen MR) is 104 cm³/mol. The minimum absolute atomic E-state index is 0.0462. The lowest BCUT2D eigenvalue weighted by Crippen LogP contribution is -2.47. The molecule has 1 atom stereocenters. The molecule has 3 rings (SSSR count). The minimum Gasteiger partial charge on any atom is -0.340 e. The second kappa shape index (κ2) is 8.08. The van der Waals surface area contributed by atoms with Crippen LogP contribution in [-0.4, -0.2) is 66.9 Å². The van der Waals surface area contributed by atoms with Crippen LogP contribution in [0, 0.1) is 0 Å². The van der Waals surface area contributed by atoms with Crippen LogP contribution < -0.4 is 10.2 Å². The number of amides is 4. The number of hydrogen-bond acceptors (Lipinski definition) is 4. The molecule has 0 spiro atoms. The molecule has 4 amide bonds. The molecule has 2 saturated heterocycles. The summed E-state index contributed by atoms with van der Waals surface area (Å²) in [6, 6.07) is 6.40. The molecule has 0 unspecified atom stereocenters. The van der Waals surface area contributed by atoms with Gasteiger partial charge in [-0.25, -0.2) is 9.69 Å². The molecule has 0 radical (unpaired) electrons. The smallest absolute Gasteiger partial charge is 0.329 e. The largest absolute Gasteiger partial charge is 0.340 e. The molecule has 146 valence electrons. The molecule has 1 N–H and O–H groups in total. The molecule has 2 fully saturated rings. The normalized spacial score (nSPS) is 21.1. The first kappa shape index (κ1) is 19.4. The third-order valence-corrected chi connectivity index (χ3v) is 5.34. The maximum atomic E-state index is 12.7. The predicted octanol–water partition coefficient (Wildman–Crippen LogP) is 1.79. The van der Waals surface area contributed by atoms with Gasteiger partial charge in [0.15, 0.2) is 0 Å². The van der Waals surface area contributed by atoms with E-state index < -0.39 is 12.1 Å². The van der Waals surface area contributed by atoms with Crippen LogP contribution in [0.3, 0.4) is 0 Å². The number of carbonyl (C=O) groups is 3. The van der Waals surface area contributed by atoms with E-state index in [0.717, 1.165) is 18.7 Å². The Morgan fingerprint density at radius 2 is 1.74 bits per heavy atom. The highest BCUT2D eigenvalue weighted by Gasteiger charge is 2.39. The highest BCUT2D eigenvalue weighted by molar-refractivity contribution is 6.21. The monoisotopic (exact) mass is 372 g/mol. The zero-order valence-corrected chi connectivity index (χ0v) is 16.3. The Morgan fingerprint density at radius 1 is 1.11 bits per heavy atom. The van der Waals surface area contributed by atoms with Gasteiger partial charge in [-0.1, -0.05) is 26.0 Å². The van der Waals surface area contributed by atoms with E-state index >= 15 is 0 Å². The molecule has 7 heteroatoms. The summed E-state index contributed by atoms with van der Waals surface area (Å²) in [5.41, 5.74) is 1.72. The van der Waals surface area contributed by atoms with Crippen molar-refractivity contribution < 1.29 is 14.4 Å². The third kappa shape index (κ3) is 4.30. The van der Waals surface area contributed by atoms with Gasteiger partial charge in [0.2, 0.25) is 5.91 Å². The fourth-order valence-electron chi connectivity index (χ4n) is 3.46. The summed E-state index contributed by atoms with van der Waals surface area (Å²) in [6.45, 7) is 7.35. The Morgan fingerprint density at radius 3 is 2.33 bits per heavy atom. The van der Waals surface area contributed by atoms with Gasteiger partial charge in [-0.2, -0.15) is 0 Å². The summed E-state index contributed by atoms with van der Waals surface area (Å²) in [7, 11) is 2.04. The van der Waals surface area contributed by atoms with Crippen LogP contribution in [0.1, 0.15) is 38.2 Å². The van der Waals surface area contributed by atoms with Gasteiger partial charge in [-0.3, -0.25) is 9.59 Å². The number of imide groups is 1. The second-order valence-corrected chi connectivity index (χ2v) is 7.64. The van der Waals surface area contributed by atoms with E-state index in [-0.39, 0.29) is 18.2 Å². The van der Waals surface area contributed by atoms with E-state index in [2.05, 4.69) is 24.1 Å². The van der Waals surface area contributed by atoms with Crippen molar-refractivity contribution in [2.24, 2.45) is 0 Å². The van der Waals surface area contributed by atoms with Crippen LogP contribution in [-0.2, 0) is 9.59 Å². The Labute approximate surface area is 160 Å². The van der Waals surface area contributed by atoms with Crippen molar-refractivity contribution in [1.82, 2.24) is 15.1 Å². The van der Waals surface area contributed by atoms with Crippen molar-refractivity contribution >= 4 is 23.5 Å². The van der Waals surface area contributed by atoms with Gasteiger partial charge in [0, 0.05) is 32.6 Å². The van der Waals surface area contributed by atoms with E-state index in [4.69, 9.17) is 0 Å². The van der Waals surface area contributed by atoms with E-state index in [1.165, 1.54) is 4.90 Å². The van der Waals surface area contributed by atoms with Crippen LogP contribution in [0.15, 0.2) is 24.3 Å². The lowest BCUT2D eigenvalue weighted by atomic mass is 10.0. The highest BCUT2D eigenvalue weighted by Crippen LogP contribution is 2.24. The molecule has 0 aliphatic carbocycles. The summed E-state index contributed by atoms with van der Waals surface area (Å²) in [4.78, 5) is 42.5. The van der Waals surface area contributed by atoms with Crippen molar-refractivity contribution in [3.8, 4) is 0 Å². The number of piperazine rings is 1. The van der Waals surface area contributed by atoms with E-state index in [1.807, 2.05) is 24.1 Å². The molecule has 27 heavy (non-hydrogen) atoms. The van der Waals surface area contributed by atoms with Gasteiger partial charge in [0.25, 0.3) is 5.91 Å². The Hall–Kier alpha value is -2.41. The molecule has 7 nitrogen and oxygen atoms in total. The topological polar surface area (TPSA) is 73.0 Å². The van der Waals surface area contributed by atoms with Crippen molar-refractivity contribution in [2.75, 3.05) is 38.1 Å². The number of likely N-dealkylation sites (N-methyl/N-ethyl adjacent to an activating group) is 1. The molecule has 0 saturated carbocycles. The molecule has 2 aliphatic rings. The summed E-state index contributed by atoms with van der Waals surface area (Å²) < 4.78 is 0. The van der Waals surface area contributed by atoms with E-state index in [1.54, 1.807) is 12.1 Å². The van der Waals surface area contributed by atoms with Crippen LogP contribution in [0.5, 0.6) is 0 Å². The van der Waals surface area contributed by atoms with Crippen LogP contribution in [0.2, 0.25) is 0 Å². The number of rotatable bonds is 5. The highest BCUT2D eigenvalue weighted by atomic mass is 16.2. The van der Waals surface area contributed by atoms with Gasteiger partial charge in [0.05, 0.1) is 5.69 Å². The van der Waals surface area contributed by atoms with Crippen LogP contribution in [0.4, 0.5) is 10.5 Å². The average Bonchev–Trinajstić information content (AvgIpc) is 2.94. The molecule has 0 bridgehead atoms. The minimum atomic E-state index is -0.640. The Balaban J connectivity index is 1.58. The van der Waals surface area contributed by atoms with Crippen molar-refractivity contribution in [1.29, 1.82) is 0 Å². The molecule has 2 aliphatic heterocycles. The zero-order valence-electron chi connectivity index (χ0n) is 16.3. The number of benzene rings is 1. The number of anilines is 1. The first-order valence-electron chi connectivity index (χ1n) is 9.57.